The summed E-state index contributed by atoms with van der Waals surface area (Å²) in [5, 5.41) is 4.30. The molecule has 2 aromatic carbocycles. The van der Waals surface area contributed by atoms with Crippen LogP contribution in [0, 0.1) is 0 Å². The topological polar surface area (TPSA) is 49.4 Å². The quantitative estimate of drug-likeness (QED) is 0.498. The van der Waals surface area contributed by atoms with Crippen LogP contribution in [0.25, 0.3) is 0 Å². The summed E-state index contributed by atoms with van der Waals surface area (Å²) in [5.74, 6) is 0.771. The summed E-state index contributed by atoms with van der Waals surface area (Å²) in [6.07, 6.45) is 0.834. The van der Waals surface area contributed by atoms with Crippen LogP contribution >= 0.6 is 35.0 Å². The Morgan fingerprint density at radius 1 is 0.967 bits per heavy atom. The molecular weight excluding hydrogens is 439 g/mol. The third-order valence-electron chi connectivity index (χ3n) is 4.84. The molecule has 0 unspecified atom stereocenters. The second-order valence-electron chi connectivity index (χ2n) is 7.26. The van der Waals surface area contributed by atoms with Gasteiger partial charge >= 0.3 is 0 Å². The first-order valence-electron chi connectivity index (χ1n) is 9.96. The van der Waals surface area contributed by atoms with Crippen molar-refractivity contribution < 1.29 is 9.59 Å². The molecule has 0 fully saturated rings. The fraction of sp³-hybridized carbons (Fsp3) is 0.391. The fourth-order valence-corrected chi connectivity index (χ4v) is 3.88. The molecule has 0 bridgehead atoms. The largest absolute Gasteiger partial charge is 0.352 e. The molecule has 0 saturated heterocycles. The van der Waals surface area contributed by atoms with E-state index in [9.17, 15) is 9.59 Å². The second kappa shape index (κ2) is 12.2. The minimum absolute atomic E-state index is 0.0618. The smallest absolute Gasteiger partial charge is 0.242 e. The summed E-state index contributed by atoms with van der Waals surface area (Å²) in [5.41, 5.74) is 2.03. The number of nitrogens with one attached hydrogen (secondary N) is 1. The van der Waals surface area contributed by atoms with Crippen molar-refractivity contribution in [3.05, 3.63) is 69.7 Å². The predicted octanol–water partition coefficient (Wildman–Crippen LogP) is 5.56. The van der Waals surface area contributed by atoms with Gasteiger partial charge in [-0.05, 0) is 55.7 Å². The van der Waals surface area contributed by atoms with Crippen LogP contribution in [0.2, 0.25) is 10.0 Å². The normalized spacial score (nSPS) is 12.8. The molecule has 0 spiro atoms. The van der Waals surface area contributed by atoms with E-state index >= 15 is 0 Å². The lowest BCUT2D eigenvalue weighted by Crippen LogP contribution is -2.50. The van der Waals surface area contributed by atoms with Crippen molar-refractivity contribution in [1.82, 2.24) is 10.2 Å². The molecular formula is C23H28Cl2N2O2S. The van der Waals surface area contributed by atoms with Gasteiger partial charge in [0.15, 0.2) is 0 Å². The molecule has 162 valence electrons. The molecule has 2 atom stereocenters. The summed E-state index contributed by atoms with van der Waals surface area (Å²) in [6, 6.07) is 14.4. The summed E-state index contributed by atoms with van der Waals surface area (Å²) in [6.45, 7) is 6.10. The Balaban J connectivity index is 2.06. The van der Waals surface area contributed by atoms with Gasteiger partial charge in [-0.3, -0.25) is 9.59 Å². The van der Waals surface area contributed by atoms with E-state index in [0.717, 1.165) is 17.5 Å². The van der Waals surface area contributed by atoms with Crippen molar-refractivity contribution in [3.63, 3.8) is 0 Å². The van der Waals surface area contributed by atoms with Gasteiger partial charge in [0.25, 0.3) is 0 Å². The number of benzene rings is 2. The van der Waals surface area contributed by atoms with E-state index in [1.54, 1.807) is 24.0 Å². The highest BCUT2D eigenvalue weighted by Crippen LogP contribution is 2.18. The van der Waals surface area contributed by atoms with Crippen LogP contribution in [0.5, 0.6) is 0 Å². The van der Waals surface area contributed by atoms with E-state index in [0.29, 0.717) is 22.3 Å². The minimum atomic E-state index is -0.571. The molecule has 0 aromatic heterocycles. The number of carbonyl (C=O) groups excluding carboxylic acids is 2. The van der Waals surface area contributed by atoms with E-state index in [1.165, 1.54) is 11.8 Å². The number of halogens is 2. The van der Waals surface area contributed by atoms with Crippen LogP contribution in [-0.4, -0.2) is 34.6 Å². The Labute approximate surface area is 193 Å². The fourth-order valence-electron chi connectivity index (χ4n) is 2.75. The molecule has 2 rings (SSSR count). The Morgan fingerprint density at radius 2 is 1.50 bits per heavy atom. The zero-order valence-electron chi connectivity index (χ0n) is 17.5. The second-order valence-corrected chi connectivity index (χ2v) is 9.12. The van der Waals surface area contributed by atoms with Gasteiger partial charge < -0.3 is 10.2 Å². The SMILES string of the molecule is CC[C@H](C)NC(=O)[C@@H](C)N(Cc1ccc(Cl)cc1)C(=O)CSCc1ccc(Cl)cc1. The molecule has 4 nitrogen and oxygen atoms in total. The zero-order chi connectivity index (χ0) is 22.1. The highest BCUT2D eigenvalue weighted by Gasteiger charge is 2.26. The Hall–Kier alpha value is -1.69. The lowest BCUT2D eigenvalue weighted by Gasteiger charge is -2.29. The van der Waals surface area contributed by atoms with Crippen molar-refractivity contribution in [2.24, 2.45) is 0 Å². The van der Waals surface area contributed by atoms with Gasteiger partial charge in [0.2, 0.25) is 11.8 Å². The summed E-state index contributed by atoms with van der Waals surface area (Å²) in [7, 11) is 0. The first kappa shape index (κ1) is 24.6. The van der Waals surface area contributed by atoms with Crippen molar-refractivity contribution in [2.75, 3.05) is 5.75 Å². The lowest BCUT2D eigenvalue weighted by molar-refractivity contribution is -0.138. The first-order valence-corrected chi connectivity index (χ1v) is 11.9. The van der Waals surface area contributed by atoms with Crippen LogP contribution < -0.4 is 5.32 Å². The number of nitrogens with zero attached hydrogens (tertiary/aromatic N) is 1. The molecule has 0 heterocycles. The Morgan fingerprint density at radius 3 is 2.03 bits per heavy atom. The monoisotopic (exact) mass is 466 g/mol. The van der Waals surface area contributed by atoms with Gasteiger partial charge in [-0.15, -0.1) is 11.8 Å². The zero-order valence-corrected chi connectivity index (χ0v) is 19.9. The first-order chi connectivity index (χ1) is 14.3. The number of hydrogen-bond donors (Lipinski definition) is 1. The number of carbonyl (C=O) groups is 2. The molecule has 2 aromatic rings. The summed E-state index contributed by atoms with van der Waals surface area (Å²) >= 11 is 13.4. The Bertz CT molecular complexity index is 828. The molecule has 0 aliphatic carbocycles. The third-order valence-corrected chi connectivity index (χ3v) is 6.33. The highest BCUT2D eigenvalue weighted by atomic mass is 35.5. The molecule has 1 N–H and O–H groups in total. The number of rotatable bonds is 10. The van der Waals surface area contributed by atoms with E-state index in [1.807, 2.05) is 50.2 Å². The lowest BCUT2D eigenvalue weighted by atomic mass is 10.1. The molecule has 0 saturated carbocycles. The molecule has 0 aliphatic heterocycles. The van der Waals surface area contributed by atoms with Crippen molar-refractivity contribution in [2.45, 2.75) is 51.6 Å². The standard InChI is InChI=1S/C23H28Cl2N2O2S/c1-4-16(2)26-23(29)17(3)27(13-18-5-9-20(24)10-6-18)22(28)15-30-14-19-7-11-21(25)12-8-19/h5-12,16-17H,4,13-15H2,1-3H3,(H,26,29)/t16-,17+/m0/s1. The van der Waals surface area contributed by atoms with E-state index in [2.05, 4.69) is 5.32 Å². The average molecular weight is 467 g/mol. The minimum Gasteiger partial charge on any atom is -0.352 e. The van der Waals surface area contributed by atoms with Crippen LogP contribution in [0.15, 0.2) is 48.5 Å². The van der Waals surface area contributed by atoms with Crippen LogP contribution in [0.3, 0.4) is 0 Å². The summed E-state index contributed by atoms with van der Waals surface area (Å²) in [4.78, 5) is 27.4. The highest BCUT2D eigenvalue weighted by molar-refractivity contribution is 7.99. The Kier molecular flexibility index (Phi) is 10.0. The molecule has 2 amide bonds. The van der Waals surface area contributed by atoms with E-state index in [4.69, 9.17) is 23.2 Å². The number of thioether (sulfide) groups is 1. The van der Waals surface area contributed by atoms with Gasteiger partial charge in [-0.25, -0.2) is 0 Å². The molecule has 0 aliphatic rings. The van der Waals surface area contributed by atoms with Gasteiger partial charge in [0, 0.05) is 28.4 Å². The van der Waals surface area contributed by atoms with Crippen LogP contribution in [0.4, 0.5) is 0 Å². The van der Waals surface area contributed by atoms with E-state index in [-0.39, 0.29) is 23.6 Å². The van der Waals surface area contributed by atoms with Crippen molar-refractivity contribution in [3.8, 4) is 0 Å². The van der Waals surface area contributed by atoms with Crippen LogP contribution in [-0.2, 0) is 21.9 Å². The van der Waals surface area contributed by atoms with Gasteiger partial charge in [0.1, 0.15) is 6.04 Å². The number of amides is 2. The third kappa shape index (κ3) is 7.86. The maximum Gasteiger partial charge on any atom is 0.242 e. The molecule has 0 radical (unpaired) electrons. The van der Waals surface area contributed by atoms with Gasteiger partial charge in [-0.2, -0.15) is 0 Å². The van der Waals surface area contributed by atoms with Crippen molar-refractivity contribution >= 4 is 46.8 Å². The van der Waals surface area contributed by atoms with Gasteiger partial charge in [0.05, 0.1) is 5.75 Å². The molecule has 30 heavy (non-hydrogen) atoms. The molecule has 7 heteroatoms. The van der Waals surface area contributed by atoms with E-state index < -0.39 is 6.04 Å². The van der Waals surface area contributed by atoms with Crippen LogP contribution in [0.1, 0.15) is 38.3 Å². The predicted molar refractivity (Wildman–Crippen MR) is 127 cm³/mol. The maximum atomic E-state index is 13.0. The summed E-state index contributed by atoms with van der Waals surface area (Å²) < 4.78 is 0. The van der Waals surface area contributed by atoms with Gasteiger partial charge in [-0.1, -0.05) is 54.4 Å². The van der Waals surface area contributed by atoms with Crippen molar-refractivity contribution in [1.29, 1.82) is 0 Å². The maximum absolute atomic E-state index is 13.0. The number of hydrogen-bond acceptors (Lipinski definition) is 3. The average Bonchev–Trinajstić information content (AvgIpc) is 2.74.